The zero-order chi connectivity index (χ0) is 23.6. The molecule has 1 aliphatic rings. The van der Waals surface area contributed by atoms with Gasteiger partial charge in [0.05, 0.1) is 6.54 Å². The molecule has 0 radical (unpaired) electrons. The lowest BCUT2D eigenvalue weighted by molar-refractivity contribution is -0.121. The summed E-state index contributed by atoms with van der Waals surface area (Å²) in [5.74, 6) is 0.877. The Bertz CT molecular complexity index is 933. The molecule has 1 aromatic heterocycles. The highest BCUT2D eigenvalue weighted by atomic mass is 35.5. The Morgan fingerprint density at radius 2 is 1.79 bits per heavy atom. The Kier molecular flexibility index (Phi) is 10.4. The van der Waals surface area contributed by atoms with Crippen LogP contribution in [0.25, 0.3) is 11.4 Å². The maximum absolute atomic E-state index is 12.4. The molecule has 9 heteroatoms. The summed E-state index contributed by atoms with van der Waals surface area (Å²) >= 11 is 11.7. The van der Waals surface area contributed by atoms with Crippen molar-refractivity contribution >= 4 is 29.7 Å². The van der Waals surface area contributed by atoms with Crippen molar-refractivity contribution in [2.45, 2.75) is 52.1 Å². The minimum atomic E-state index is 0.0487. The lowest BCUT2D eigenvalue weighted by Gasteiger charge is -2.32. The highest BCUT2D eigenvalue weighted by Gasteiger charge is 2.14. The van der Waals surface area contributed by atoms with E-state index in [-0.39, 0.29) is 5.91 Å². The van der Waals surface area contributed by atoms with Crippen molar-refractivity contribution < 1.29 is 4.79 Å². The number of benzene rings is 1. The summed E-state index contributed by atoms with van der Waals surface area (Å²) in [4.78, 5) is 17.3. The number of hydrogen-bond donors (Lipinski definition) is 1. The molecule has 1 aliphatic heterocycles. The first-order valence-corrected chi connectivity index (χ1v) is 12.9. The van der Waals surface area contributed by atoms with Crippen LogP contribution in [0.4, 0.5) is 0 Å². The SMILES string of the molecule is CCCCn1c(-c2ccc(Cl)cc2)nn(CCC(=O)NCCCCN2CCN(C)CC2)c1=S. The van der Waals surface area contributed by atoms with E-state index in [1.807, 2.05) is 24.3 Å². The van der Waals surface area contributed by atoms with Crippen molar-refractivity contribution in [2.24, 2.45) is 0 Å². The fourth-order valence-electron chi connectivity index (χ4n) is 3.97. The smallest absolute Gasteiger partial charge is 0.221 e. The van der Waals surface area contributed by atoms with E-state index in [2.05, 4.69) is 33.7 Å². The van der Waals surface area contributed by atoms with Crippen LogP contribution in [0.15, 0.2) is 24.3 Å². The first-order chi connectivity index (χ1) is 16.0. The number of likely N-dealkylation sites (N-methyl/N-ethyl adjacent to an activating group) is 1. The number of nitrogens with one attached hydrogen (secondary N) is 1. The standard InChI is InChI=1S/C24H37ClN6OS/c1-3-4-14-30-23(20-7-9-21(25)10-8-20)27-31(24(30)33)15-11-22(32)26-12-5-6-13-29-18-16-28(2)17-19-29/h7-10H,3-6,11-19H2,1-2H3,(H,26,32). The number of nitrogens with zero attached hydrogens (tertiary/aromatic N) is 5. The van der Waals surface area contributed by atoms with Crippen molar-refractivity contribution in [2.75, 3.05) is 46.3 Å². The summed E-state index contributed by atoms with van der Waals surface area (Å²) in [5, 5.41) is 8.49. The predicted octanol–water partition coefficient (Wildman–Crippen LogP) is 4.07. The molecule has 33 heavy (non-hydrogen) atoms. The molecule has 0 aliphatic carbocycles. The highest BCUT2D eigenvalue weighted by Crippen LogP contribution is 2.21. The normalized spacial score (nSPS) is 15.1. The van der Waals surface area contributed by atoms with Crippen molar-refractivity contribution in [3.05, 3.63) is 34.1 Å². The van der Waals surface area contributed by atoms with Crippen LogP contribution in [0.2, 0.25) is 5.02 Å². The van der Waals surface area contributed by atoms with E-state index in [4.69, 9.17) is 28.9 Å². The third-order valence-corrected chi connectivity index (χ3v) is 6.81. The fraction of sp³-hybridized carbons (Fsp3) is 0.625. The minimum absolute atomic E-state index is 0.0487. The Morgan fingerprint density at radius 1 is 1.06 bits per heavy atom. The van der Waals surface area contributed by atoms with Crippen LogP contribution in [-0.4, -0.2) is 76.4 Å². The van der Waals surface area contributed by atoms with Gasteiger partial charge in [-0.2, -0.15) is 5.10 Å². The molecule has 0 saturated carbocycles. The van der Waals surface area contributed by atoms with Gasteiger partial charge in [0, 0.05) is 56.3 Å². The highest BCUT2D eigenvalue weighted by molar-refractivity contribution is 7.71. The molecule has 2 heterocycles. The molecule has 1 aromatic carbocycles. The molecule has 2 aromatic rings. The number of piperazine rings is 1. The van der Waals surface area contributed by atoms with Crippen molar-refractivity contribution in [3.8, 4) is 11.4 Å². The Balaban J connectivity index is 1.47. The van der Waals surface area contributed by atoms with E-state index >= 15 is 0 Å². The van der Waals surface area contributed by atoms with E-state index in [0.717, 1.165) is 82.9 Å². The molecule has 1 saturated heterocycles. The van der Waals surface area contributed by atoms with Crippen molar-refractivity contribution in [1.82, 2.24) is 29.5 Å². The quantitative estimate of drug-likeness (QED) is 0.357. The Hall–Kier alpha value is -1.74. The average molecular weight is 493 g/mol. The third kappa shape index (κ3) is 7.91. The number of amides is 1. The first kappa shape index (κ1) is 25.9. The van der Waals surface area contributed by atoms with Gasteiger partial charge in [0.15, 0.2) is 10.6 Å². The predicted molar refractivity (Wildman–Crippen MR) is 137 cm³/mol. The monoisotopic (exact) mass is 492 g/mol. The van der Waals surface area contributed by atoms with Gasteiger partial charge in [-0.3, -0.25) is 9.36 Å². The summed E-state index contributed by atoms with van der Waals surface area (Å²) in [6.45, 7) is 9.86. The molecule has 1 N–H and O–H groups in total. The van der Waals surface area contributed by atoms with Gasteiger partial charge >= 0.3 is 0 Å². The topological polar surface area (TPSA) is 58.3 Å². The number of carbonyl (C=O) groups excluding carboxylic acids is 1. The molecule has 7 nitrogen and oxygen atoms in total. The van der Waals surface area contributed by atoms with Crippen LogP contribution in [0.1, 0.15) is 39.0 Å². The van der Waals surface area contributed by atoms with Gasteiger partial charge in [0.25, 0.3) is 0 Å². The number of aromatic nitrogens is 3. The second-order valence-electron chi connectivity index (χ2n) is 8.79. The molecule has 0 atom stereocenters. The number of aryl methyl sites for hydroxylation is 1. The maximum atomic E-state index is 12.4. The second-order valence-corrected chi connectivity index (χ2v) is 9.59. The zero-order valence-electron chi connectivity index (χ0n) is 19.9. The van der Waals surface area contributed by atoms with Gasteiger partial charge < -0.3 is 15.1 Å². The number of hydrogen-bond acceptors (Lipinski definition) is 5. The molecule has 3 rings (SSSR count). The summed E-state index contributed by atoms with van der Waals surface area (Å²) < 4.78 is 4.51. The molecule has 1 fully saturated rings. The van der Waals surface area contributed by atoms with Crippen LogP contribution in [0, 0.1) is 4.77 Å². The van der Waals surface area contributed by atoms with E-state index in [1.165, 1.54) is 0 Å². The van der Waals surface area contributed by atoms with E-state index in [0.29, 0.717) is 22.8 Å². The number of carbonyl (C=O) groups is 1. The van der Waals surface area contributed by atoms with Gasteiger partial charge in [0.1, 0.15) is 0 Å². The van der Waals surface area contributed by atoms with Gasteiger partial charge in [-0.1, -0.05) is 24.9 Å². The molecule has 182 valence electrons. The fourth-order valence-corrected chi connectivity index (χ4v) is 4.41. The Morgan fingerprint density at radius 3 is 2.48 bits per heavy atom. The van der Waals surface area contributed by atoms with Crippen LogP contribution >= 0.6 is 23.8 Å². The van der Waals surface area contributed by atoms with Crippen LogP contribution in [-0.2, 0) is 17.9 Å². The van der Waals surface area contributed by atoms with Gasteiger partial charge in [-0.15, -0.1) is 0 Å². The maximum Gasteiger partial charge on any atom is 0.221 e. The average Bonchev–Trinajstić information content (AvgIpc) is 3.13. The van der Waals surface area contributed by atoms with Crippen LogP contribution < -0.4 is 5.32 Å². The molecule has 0 bridgehead atoms. The van der Waals surface area contributed by atoms with E-state index in [9.17, 15) is 4.79 Å². The van der Waals surface area contributed by atoms with Gasteiger partial charge in [-0.25, -0.2) is 4.68 Å². The molecule has 1 amide bonds. The summed E-state index contributed by atoms with van der Waals surface area (Å²) in [6, 6.07) is 7.64. The third-order valence-electron chi connectivity index (χ3n) is 6.13. The second kappa shape index (κ2) is 13.2. The first-order valence-electron chi connectivity index (χ1n) is 12.1. The van der Waals surface area contributed by atoms with E-state index in [1.54, 1.807) is 4.68 Å². The molecule has 0 unspecified atom stereocenters. The largest absolute Gasteiger partial charge is 0.356 e. The van der Waals surface area contributed by atoms with Crippen LogP contribution in [0.5, 0.6) is 0 Å². The van der Waals surface area contributed by atoms with Gasteiger partial charge in [-0.05, 0) is 69.3 Å². The minimum Gasteiger partial charge on any atom is -0.356 e. The lowest BCUT2D eigenvalue weighted by atomic mass is 10.2. The van der Waals surface area contributed by atoms with Crippen molar-refractivity contribution in [1.29, 1.82) is 0 Å². The number of unbranched alkanes of at least 4 members (excludes halogenated alkanes) is 2. The van der Waals surface area contributed by atoms with Crippen LogP contribution in [0.3, 0.4) is 0 Å². The molecule has 0 spiro atoms. The Labute approximate surface area is 207 Å². The summed E-state index contributed by atoms with van der Waals surface area (Å²) in [6.07, 6.45) is 4.59. The molecular formula is C24H37ClN6OS. The van der Waals surface area contributed by atoms with Crippen molar-refractivity contribution in [3.63, 3.8) is 0 Å². The summed E-state index contributed by atoms with van der Waals surface area (Å²) in [5.41, 5.74) is 0.977. The lowest BCUT2D eigenvalue weighted by Crippen LogP contribution is -2.44. The summed E-state index contributed by atoms with van der Waals surface area (Å²) in [7, 11) is 2.17. The number of rotatable bonds is 12. The van der Waals surface area contributed by atoms with Gasteiger partial charge in [0.2, 0.25) is 5.91 Å². The molecular weight excluding hydrogens is 456 g/mol. The zero-order valence-corrected chi connectivity index (χ0v) is 21.5. The van der Waals surface area contributed by atoms with E-state index < -0.39 is 0 Å². The number of halogens is 1.